The van der Waals surface area contributed by atoms with Crippen LogP contribution >= 0.6 is 23.2 Å². The van der Waals surface area contributed by atoms with Crippen LogP contribution in [0.3, 0.4) is 0 Å². The van der Waals surface area contributed by atoms with E-state index in [1.165, 1.54) is 0 Å². The minimum absolute atomic E-state index is 0.133. The van der Waals surface area contributed by atoms with Crippen molar-refractivity contribution in [2.75, 3.05) is 6.79 Å². The van der Waals surface area contributed by atoms with Crippen molar-refractivity contribution in [2.24, 2.45) is 0 Å². The summed E-state index contributed by atoms with van der Waals surface area (Å²) < 4.78 is 9.36. The molecule has 4 nitrogen and oxygen atoms in total. The molecular weight excluding hydrogens is 195 g/mol. The van der Waals surface area contributed by atoms with E-state index in [0.29, 0.717) is 0 Å². The fourth-order valence-corrected chi connectivity index (χ4v) is 1.08. The predicted octanol–water partition coefficient (Wildman–Crippen LogP) is 0.259. The molecule has 0 spiro atoms. The number of hydrogen-bond acceptors (Lipinski definition) is 4. The zero-order valence-electron chi connectivity index (χ0n) is 5.25. The van der Waals surface area contributed by atoms with Crippen molar-refractivity contribution in [3.8, 4) is 0 Å². The Kier molecular flexibility index (Phi) is 2.84. The first-order chi connectivity index (χ1) is 5.13. The van der Waals surface area contributed by atoms with Crippen LogP contribution < -0.4 is 0 Å². The van der Waals surface area contributed by atoms with E-state index in [1.807, 2.05) is 0 Å². The first-order valence-corrected chi connectivity index (χ1v) is 3.50. The zero-order chi connectivity index (χ0) is 8.43. The van der Waals surface area contributed by atoms with Gasteiger partial charge in [0.1, 0.15) is 6.79 Å². The maximum absolute atomic E-state index is 10.5. The number of hydrogen-bond donors (Lipinski definition) is 0. The Balaban J connectivity index is 2.65. The van der Waals surface area contributed by atoms with Crippen molar-refractivity contribution in [3.63, 3.8) is 0 Å². The number of rotatable bonds is 2. The smallest absolute Gasteiger partial charge is 0.253 e. The summed E-state index contributed by atoms with van der Waals surface area (Å²) in [5, 5.41) is -1.55. The molecule has 62 valence electrons. The lowest BCUT2D eigenvalue weighted by molar-refractivity contribution is -0.126. The van der Waals surface area contributed by atoms with E-state index in [4.69, 9.17) is 23.2 Å². The highest BCUT2D eigenvalue weighted by molar-refractivity contribution is 6.67. The van der Waals surface area contributed by atoms with Gasteiger partial charge in [-0.2, -0.15) is 0 Å². The quantitative estimate of drug-likeness (QED) is 0.598. The van der Waals surface area contributed by atoms with Gasteiger partial charge in [-0.25, -0.2) is 0 Å². The van der Waals surface area contributed by atoms with Crippen molar-refractivity contribution in [1.82, 2.24) is 0 Å². The summed E-state index contributed by atoms with van der Waals surface area (Å²) in [6.45, 7) is -0.133. The lowest BCUT2D eigenvalue weighted by Crippen LogP contribution is -2.32. The molecule has 1 aliphatic rings. The third-order valence-electron chi connectivity index (χ3n) is 1.22. The van der Waals surface area contributed by atoms with E-state index in [9.17, 15) is 9.59 Å². The predicted molar refractivity (Wildman–Crippen MR) is 36.3 cm³/mol. The van der Waals surface area contributed by atoms with Crippen LogP contribution in [-0.2, 0) is 19.1 Å². The summed E-state index contributed by atoms with van der Waals surface area (Å²) in [6, 6.07) is 0. The van der Waals surface area contributed by atoms with Gasteiger partial charge in [0, 0.05) is 0 Å². The average molecular weight is 199 g/mol. The molecule has 1 heterocycles. The fraction of sp³-hybridized carbons (Fsp3) is 0.600. The topological polar surface area (TPSA) is 52.6 Å². The normalized spacial score (nSPS) is 30.4. The second kappa shape index (κ2) is 3.49. The summed E-state index contributed by atoms with van der Waals surface area (Å²) in [5.41, 5.74) is 0. The first-order valence-electron chi connectivity index (χ1n) is 2.75. The Bertz CT molecular complexity index is 173. The summed E-state index contributed by atoms with van der Waals surface area (Å²) in [7, 11) is 0. The maximum Gasteiger partial charge on any atom is 0.253 e. The van der Waals surface area contributed by atoms with Gasteiger partial charge in [-0.05, 0) is 23.2 Å². The molecule has 0 radical (unpaired) electrons. The third kappa shape index (κ3) is 1.90. The molecular formula is C5H4Cl2O4. The van der Waals surface area contributed by atoms with Gasteiger partial charge in [0.15, 0.2) is 12.2 Å². The second-order valence-corrected chi connectivity index (χ2v) is 2.65. The highest BCUT2D eigenvalue weighted by Gasteiger charge is 2.38. The van der Waals surface area contributed by atoms with Crippen LogP contribution in [0.4, 0.5) is 0 Å². The Morgan fingerprint density at radius 2 is 1.45 bits per heavy atom. The SMILES string of the molecule is O=C(Cl)[C@H]1OCO[C@@H]1C(=O)Cl. The van der Waals surface area contributed by atoms with Gasteiger partial charge in [-0.3, -0.25) is 9.59 Å². The number of ether oxygens (including phenoxy) is 2. The first kappa shape index (κ1) is 8.93. The minimum Gasteiger partial charge on any atom is -0.340 e. The molecule has 11 heavy (non-hydrogen) atoms. The maximum atomic E-state index is 10.5. The fourth-order valence-electron chi connectivity index (χ4n) is 0.730. The van der Waals surface area contributed by atoms with Crippen LogP contribution in [0.25, 0.3) is 0 Å². The molecule has 0 aromatic rings. The Morgan fingerprint density at radius 1 is 1.09 bits per heavy atom. The van der Waals surface area contributed by atoms with Crippen molar-refractivity contribution >= 4 is 33.7 Å². The van der Waals surface area contributed by atoms with E-state index in [2.05, 4.69) is 9.47 Å². The highest BCUT2D eigenvalue weighted by Crippen LogP contribution is 2.17. The van der Waals surface area contributed by atoms with E-state index < -0.39 is 22.7 Å². The summed E-state index contributed by atoms with van der Waals surface area (Å²) in [4.78, 5) is 21.0. The Labute approximate surface area is 72.3 Å². The number of carbonyl (C=O) groups excluding carboxylic acids is 2. The van der Waals surface area contributed by atoms with Crippen molar-refractivity contribution in [3.05, 3.63) is 0 Å². The van der Waals surface area contributed by atoms with Crippen LogP contribution in [0.5, 0.6) is 0 Å². The molecule has 1 saturated heterocycles. The van der Waals surface area contributed by atoms with Crippen LogP contribution in [0, 0.1) is 0 Å². The van der Waals surface area contributed by atoms with Gasteiger partial charge in [-0.15, -0.1) is 0 Å². The van der Waals surface area contributed by atoms with Gasteiger partial charge in [0.05, 0.1) is 0 Å². The van der Waals surface area contributed by atoms with E-state index in [-0.39, 0.29) is 6.79 Å². The molecule has 0 N–H and O–H groups in total. The molecule has 0 aromatic heterocycles. The largest absolute Gasteiger partial charge is 0.340 e. The van der Waals surface area contributed by atoms with Crippen LogP contribution in [0.1, 0.15) is 0 Å². The number of halogens is 2. The molecule has 1 rings (SSSR count). The summed E-state index contributed by atoms with van der Waals surface area (Å²) in [5.74, 6) is 0. The van der Waals surface area contributed by atoms with E-state index in [0.717, 1.165) is 0 Å². The van der Waals surface area contributed by atoms with Gasteiger partial charge < -0.3 is 9.47 Å². The second-order valence-electron chi connectivity index (χ2n) is 1.90. The highest BCUT2D eigenvalue weighted by atomic mass is 35.5. The van der Waals surface area contributed by atoms with Gasteiger partial charge >= 0.3 is 0 Å². The lowest BCUT2D eigenvalue weighted by Gasteiger charge is -2.06. The molecule has 0 aliphatic carbocycles. The molecule has 0 aromatic carbocycles. The van der Waals surface area contributed by atoms with Gasteiger partial charge in [-0.1, -0.05) is 0 Å². The summed E-state index contributed by atoms with van der Waals surface area (Å²) >= 11 is 10.1. The Hall–Kier alpha value is -0.160. The molecule has 0 saturated carbocycles. The lowest BCUT2D eigenvalue weighted by atomic mass is 10.2. The zero-order valence-corrected chi connectivity index (χ0v) is 6.76. The molecule has 2 atom stereocenters. The molecule has 1 fully saturated rings. The Morgan fingerprint density at radius 3 is 1.73 bits per heavy atom. The number of carbonyl (C=O) groups is 2. The van der Waals surface area contributed by atoms with E-state index >= 15 is 0 Å². The third-order valence-corrected chi connectivity index (χ3v) is 1.65. The van der Waals surface area contributed by atoms with Gasteiger partial charge in [0.25, 0.3) is 10.5 Å². The van der Waals surface area contributed by atoms with E-state index in [1.54, 1.807) is 0 Å². The monoisotopic (exact) mass is 198 g/mol. The standard InChI is InChI=1S/C5H4Cl2O4/c6-4(8)2-3(5(7)9)11-1-10-2/h2-3H,1H2/t2-,3-/m0/s1. The van der Waals surface area contributed by atoms with Gasteiger partial charge in [0.2, 0.25) is 0 Å². The van der Waals surface area contributed by atoms with Crippen molar-refractivity contribution in [2.45, 2.75) is 12.2 Å². The minimum atomic E-state index is -1.05. The van der Waals surface area contributed by atoms with Crippen molar-refractivity contribution < 1.29 is 19.1 Å². The van der Waals surface area contributed by atoms with Crippen LogP contribution in [0.15, 0.2) is 0 Å². The molecule has 6 heteroatoms. The van der Waals surface area contributed by atoms with Crippen LogP contribution in [-0.4, -0.2) is 29.5 Å². The summed E-state index contributed by atoms with van der Waals surface area (Å²) in [6.07, 6.45) is -2.11. The van der Waals surface area contributed by atoms with Crippen LogP contribution in [0.2, 0.25) is 0 Å². The average Bonchev–Trinajstić information content (AvgIpc) is 2.32. The van der Waals surface area contributed by atoms with Crippen molar-refractivity contribution in [1.29, 1.82) is 0 Å². The molecule has 0 amide bonds. The molecule has 0 unspecified atom stereocenters. The molecule has 0 bridgehead atoms. The molecule has 1 aliphatic heterocycles.